The molecule has 0 unspecified atom stereocenters. The van der Waals surface area contributed by atoms with Crippen molar-refractivity contribution in [3.05, 3.63) is 83.1 Å². The molecule has 0 saturated heterocycles. The van der Waals surface area contributed by atoms with Crippen LogP contribution in [-0.2, 0) is 0 Å². The molecule has 2 N–H and O–H groups in total. The number of pyridine rings is 1. The number of aromatic nitrogens is 1. The molecule has 1 heterocycles. The molecule has 0 fully saturated rings. The van der Waals surface area contributed by atoms with E-state index in [1.165, 1.54) is 13.1 Å². The molecule has 0 aliphatic heterocycles. The van der Waals surface area contributed by atoms with Gasteiger partial charge in [0.05, 0.1) is 28.2 Å². The molecule has 0 aliphatic rings. The molecule has 0 atom stereocenters. The average Bonchev–Trinajstić information content (AvgIpc) is 2.64. The lowest BCUT2D eigenvalue weighted by Crippen LogP contribution is -2.12. The summed E-state index contributed by atoms with van der Waals surface area (Å²) in [6.45, 7) is 1.51. The van der Waals surface area contributed by atoms with Crippen molar-refractivity contribution in [3.8, 4) is 0 Å². The van der Waals surface area contributed by atoms with E-state index in [1.807, 2.05) is 6.07 Å². The number of rotatable bonds is 5. The van der Waals surface area contributed by atoms with E-state index in [9.17, 15) is 9.59 Å². The minimum absolute atomic E-state index is 0.0142. The number of carbonyl (C=O) groups excluding carboxylic acids is 2. The third-order valence-corrected chi connectivity index (χ3v) is 4.01. The van der Waals surface area contributed by atoms with Crippen molar-refractivity contribution in [2.45, 2.75) is 6.92 Å². The Balaban J connectivity index is 1.78. The van der Waals surface area contributed by atoms with Gasteiger partial charge in [-0.25, -0.2) is 0 Å². The first kappa shape index (κ1) is 17.6. The van der Waals surface area contributed by atoms with Crippen LogP contribution in [0.1, 0.15) is 27.6 Å². The number of nitrogens with one attached hydrogen (secondary N) is 2. The van der Waals surface area contributed by atoms with Gasteiger partial charge in [0.1, 0.15) is 0 Å². The summed E-state index contributed by atoms with van der Waals surface area (Å²) in [7, 11) is 0. The van der Waals surface area contributed by atoms with Crippen LogP contribution in [0.2, 0.25) is 5.02 Å². The van der Waals surface area contributed by atoms with Crippen molar-refractivity contribution in [2.24, 2.45) is 0 Å². The smallest absolute Gasteiger partial charge is 0.257 e. The molecule has 3 aromatic rings. The molecule has 1 amide bonds. The first-order chi connectivity index (χ1) is 12.5. The number of benzene rings is 2. The summed E-state index contributed by atoms with van der Waals surface area (Å²) in [5.41, 5.74) is 2.90. The predicted molar refractivity (Wildman–Crippen MR) is 103 cm³/mol. The third kappa shape index (κ3) is 4.26. The minimum atomic E-state index is -0.313. The summed E-state index contributed by atoms with van der Waals surface area (Å²) in [4.78, 5) is 28.0. The van der Waals surface area contributed by atoms with Crippen LogP contribution in [0, 0.1) is 0 Å². The molecular weight excluding hydrogens is 350 g/mol. The lowest BCUT2D eigenvalue weighted by atomic mass is 10.1. The number of nitrogens with zero attached hydrogens (tertiary/aromatic N) is 1. The molecule has 0 bridgehead atoms. The van der Waals surface area contributed by atoms with Crippen LogP contribution in [0.3, 0.4) is 0 Å². The molecule has 0 radical (unpaired) electrons. The third-order valence-electron chi connectivity index (χ3n) is 3.68. The van der Waals surface area contributed by atoms with Gasteiger partial charge in [0.25, 0.3) is 5.91 Å². The fourth-order valence-corrected chi connectivity index (χ4v) is 2.56. The van der Waals surface area contributed by atoms with Gasteiger partial charge in [-0.05, 0) is 37.3 Å². The van der Waals surface area contributed by atoms with E-state index in [0.29, 0.717) is 27.5 Å². The second-order valence-corrected chi connectivity index (χ2v) is 6.07. The predicted octanol–water partition coefficient (Wildman–Crippen LogP) is 4.93. The van der Waals surface area contributed by atoms with E-state index >= 15 is 0 Å². The number of anilines is 3. The lowest BCUT2D eigenvalue weighted by molar-refractivity contribution is 0.101. The zero-order chi connectivity index (χ0) is 18.5. The van der Waals surface area contributed by atoms with Crippen LogP contribution in [0.4, 0.5) is 17.1 Å². The molecule has 2 aromatic carbocycles. The zero-order valence-corrected chi connectivity index (χ0v) is 14.7. The van der Waals surface area contributed by atoms with Crippen LogP contribution >= 0.6 is 11.6 Å². The Hall–Kier alpha value is -3.18. The Morgan fingerprint density at radius 1 is 0.923 bits per heavy atom. The highest BCUT2D eigenvalue weighted by Crippen LogP contribution is 2.22. The first-order valence-corrected chi connectivity index (χ1v) is 8.30. The maximum Gasteiger partial charge on any atom is 0.257 e. The SMILES string of the molecule is CC(=O)c1cccc(Nc2cncc(C(=O)Nc3ccccc3Cl)c2)c1. The van der Waals surface area contributed by atoms with Gasteiger partial charge < -0.3 is 10.6 Å². The van der Waals surface area contributed by atoms with E-state index < -0.39 is 0 Å². The maximum atomic E-state index is 12.4. The molecule has 6 heteroatoms. The molecule has 0 spiro atoms. The highest BCUT2D eigenvalue weighted by Gasteiger charge is 2.10. The second kappa shape index (κ2) is 7.80. The summed E-state index contributed by atoms with van der Waals surface area (Å²) >= 11 is 6.06. The second-order valence-electron chi connectivity index (χ2n) is 5.66. The van der Waals surface area contributed by atoms with Crippen molar-refractivity contribution < 1.29 is 9.59 Å². The summed E-state index contributed by atoms with van der Waals surface area (Å²) in [5.74, 6) is -0.327. The van der Waals surface area contributed by atoms with Crippen LogP contribution in [-0.4, -0.2) is 16.7 Å². The van der Waals surface area contributed by atoms with E-state index in [2.05, 4.69) is 15.6 Å². The summed E-state index contributed by atoms with van der Waals surface area (Å²) in [6, 6.07) is 15.8. The molecule has 5 nitrogen and oxygen atoms in total. The van der Waals surface area contributed by atoms with Gasteiger partial charge >= 0.3 is 0 Å². The number of para-hydroxylation sites is 1. The Morgan fingerprint density at radius 3 is 2.46 bits per heavy atom. The Bertz CT molecular complexity index is 973. The maximum absolute atomic E-state index is 12.4. The van der Waals surface area contributed by atoms with Gasteiger partial charge in [0, 0.05) is 17.4 Å². The van der Waals surface area contributed by atoms with Gasteiger partial charge in [-0.1, -0.05) is 35.9 Å². The topological polar surface area (TPSA) is 71.1 Å². The number of ketones is 1. The van der Waals surface area contributed by atoms with Crippen molar-refractivity contribution >= 4 is 40.4 Å². The standard InChI is InChI=1S/C20H16ClN3O2/c1-13(25)14-5-4-6-16(9-14)23-17-10-15(11-22-12-17)20(26)24-19-8-3-2-7-18(19)21/h2-12,23H,1H3,(H,24,26). The number of hydrogen-bond acceptors (Lipinski definition) is 4. The fraction of sp³-hybridized carbons (Fsp3) is 0.0500. The van der Waals surface area contributed by atoms with E-state index in [-0.39, 0.29) is 11.7 Å². The summed E-state index contributed by atoms with van der Waals surface area (Å²) < 4.78 is 0. The number of Topliss-reactive ketones (excluding diaryl/α,β-unsaturated/α-hetero) is 1. The average molecular weight is 366 g/mol. The molecular formula is C20H16ClN3O2. The quantitative estimate of drug-likeness (QED) is 0.628. The monoisotopic (exact) mass is 365 g/mol. The number of carbonyl (C=O) groups is 2. The van der Waals surface area contributed by atoms with Gasteiger partial charge in [0.15, 0.2) is 5.78 Å². The van der Waals surface area contributed by atoms with Gasteiger partial charge in [-0.2, -0.15) is 0 Å². The minimum Gasteiger partial charge on any atom is -0.354 e. The normalized spacial score (nSPS) is 10.2. The van der Waals surface area contributed by atoms with Crippen LogP contribution in [0.25, 0.3) is 0 Å². The lowest BCUT2D eigenvalue weighted by Gasteiger charge is -2.10. The summed E-state index contributed by atoms with van der Waals surface area (Å²) in [5, 5.41) is 6.37. The van der Waals surface area contributed by atoms with Crippen molar-refractivity contribution in [1.82, 2.24) is 4.98 Å². The first-order valence-electron chi connectivity index (χ1n) is 7.92. The highest BCUT2D eigenvalue weighted by atomic mass is 35.5. The van der Waals surface area contributed by atoms with E-state index in [1.54, 1.807) is 54.7 Å². The van der Waals surface area contributed by atoms with Crippen molar-refractivity contribution in [3.63, 3.8) is 0 Å². The fourth-order valence-electron chi connectivity index (χ4n) is 2.37. The van der Waals surface area contributed by atoms with Crippen molar-refractivity contribution in [1.29, 1.82) is 0 Å². The zero-order valence-electron chi connectivity index (χ0n) is 14.0. The van der Waals surface area contributed by atoms with E-state index in [0.717, 1.165) is 5.69 Å². The van der Waals surface area contributed by atoms with Gasteiger partial charge in [0.2, 0.25) is 0 Å². The molecule has 26 heavy (non-hydrogen) atoms. The Kier molecular flexibility index (Phi) is 5.29. The largest absolute Gasteiger partial charge is 0.354 e. The highest BCUT2D eigenvalue weighted by molar-refractivity contribution is 6.33. The summed E-state index contributed by atoms with van der Waals surface area (Å²) in [6.07, 6.45) is 3.08. The van der Waals surface area contributed by atoms with Crippen LogP contribution in [0.15, 0.2) is 67.0 Å². The van der Waals surface area contributed by atoms with Gasteiger partial charge in [-0.15, -0.1) is 0 Å². The number of hydrogen-bond donors (Lipinski definition) is 2. The molecule has 130 valence electrons. The Morgan fingerprint density at radius 2 is 1.69 bits per heavy atom. The molecule has 0 aliphatic carbocycles. The van der Waals surface area contributed by atoms with Gasteiger partial charge in [-0.3, -0.25) is 14.6 Å². The number of halogens is 1. The van der Waals surface area contributed by atoms with Crippen molar-refractivity contribution in [2.75, 3.05) is 10.6 Å². The number of amides is 1. The Labute approximate surface area is 156 Å². The molecule has 3 rings (SSSR count). The van der Waals surface area contributed by atoms with Crippen LogP contribution in [0.5, 0.6) is 0 Å². The van der Waals surface area contributed by atoms with Crippen LogP contribution < -0.4 is 10.6 Å². The molecule has 1 aromatic heterocycles. The van der Waals surface area contributed by atoms with E-state index in [4.69, 9.17) is 11.6 Å². The molecule has 0 saturated carbocycles.